The van der Waals surface area contributed by atoms with Crippen molar-refractivity contribution in [2.45, 2.75) is 11.5 Å². The third-order valence-corrected chi connectivity index (χ3v) is 4.30. The van der Waals surface area contributed by atoms with Crippen LogP contribution >= 0.6 is 11.6 Å². The fourth-order valence-electron chi connectivity index (χ4n) is 1.64. The maximum atomic E-state index is 13.2. The molecule has 0 aliphatic heterocycles. The third-order valence-electron chi connectivity index (χ3n) is 2.59. The molecule has 2 aromatic rings. The van der Waals surface area contributed by atoms with Crippen LogP contribution in [0.2, 0.25) is 5.02 Å². The second-order valence-electron chi connectivity index (χ2n) is 4.02. The molecule has 0 amide bonds. The average molecular weight is 316 g/mol. The maximum absolute atomic E-state index is 13.2. The third kappa shape index (κ3) is 3.27. The van der Waals surface area contributed by atoms with Crippen molar-refractivity contribution in [1.29, 1.82) is 0 Å². The number of hydrogen-bond donors (Lipinski definition) is 2. The summed E-state index contributed by atoms with van der Waals surface area (Å²) in [5, 5.41) is 9.61. The van der Waals surface area contributed by atoms with E-state index in [2.05, 4.69) is 4.72 Å². The van der Waals surface area contributed by atoms with Crippen LogP contribution in [-0.2, 0) is 16.6 Å². The van der Waals surface area contributed by atoms with E-state index >= 15 is 0 Å². The normalized spacial score (nSPS) is 11.3. The van der Waals surface area contributed by atoms with Gasteiger partial charge in [0, 0.05) is 10.7 Å². The van der Waals surface area contributed by atoms with Crippen molar-refractivity contribution in [3.8, 4) is 0 Å². The summed E-state index contributed by atoms with van der Waals surface area (Å²) in [6.45, 7) is -0.503. The largest absolute Gasteiger partial charge is 0.392 e. The summed E-state index contributed by atoms with van der Waals surface area (Å²) in [6, 6.07) is 9.20. The minimum Gasteiger partial charge on any atom is -0.392 e. The van der Waals surface area contributed by atoms with E-state index in [1.165, 1.54) is 30.3 Å². The van der Waals surface area contributed by atoms with E-state index in [1.807, 2.05) is 0 Å². The van der Waals surface area contributed by atoms with E-state index in [0.29, 0.717) is 10.7 Å². The lowest BCUT2D eigenvalue weighted by atomic mass is 10.2. The van der Waals surface area contributed by atoms with Gasteiger partial charge in [-0.1, -0.05) is 17.7 Å². The molecule has 2 N–H and O–H groups in total. The zero-order valence-corrected chi connectivity index (χ0v) is 11.7. The number of aliphatic hydroxyl groups excluding tert-OH is 1. The summed E-state index contributed by atoms with van der Waals surface area (Å²) in [5.74, 6) is -0.696. The first-order valence-corrected chi connectivity index (χ1v) is 7.46. The van der Waals surface area contributed by atoms with E-state index in [4.69, 9.17) is 16.7 Å². The standard InChI is InChI=1S/C13H11ClFNO3S/c14-10-2-5-12(6-3-10)16-20(18,19)13-7-11(15)4-1-9(13)8-17/h1-7,16-17H,8H2. The van der Waals surface area contributed by atoms with E-state index in [-0.39, 0.29) is 10.5 Å². The second kappa shape index (κ2) is 5.78. The van der Waals surface area contributed by atoms with Gasteiger partial charge in [-0.05, 0) is 42.0 Å². The SMILES string of the molecule is O=S(=O)(Nc1ccc(Cl)cc1)c1cc(F)ccc1CO. The Hall–Kier alpha value is -1.63. The number of benzene rings is 2. The Bertz CT molecular complexity index is 717. The highest BCUT2D eigenvalue weighted by molar-refractivity contribution is 7.92. The molecule has 0 saturated carbocycles. The fraction of sp³-hybridized carbons (Fsp3) is 0.0769. The number of halogens is 2. The molecule has 0 saturated heterocycles. The molecular formula is C13H11ClFNO3S. The Labute approximate surface area is 120 Å². The summed E-state index contributed by atoms with van der Waals surface area (Å²) in [5.41, 5.74) is 0.412. The summed E-state index contributed by atoms with van der Waals surface area (Å²) in [6.07, 6.45) is 0. The van der Waals surface area contributed by atoms with Crippen molar-refractivity contribution < 1.29 is 17.9 Å². The predicted molar refractivity (Wildman–Crippen MR) is 74.6 cm³/mol. The quantitative estimate of drug-likeness (QED) is 0.911. The van der Waals surface area contributed by atoms with E-state index in [1.54, 1.807) is 0 Å². The average Bonchev–Trinajstić information content (AvgIpc) is 2.41. The molecule has 0 bridgehead atoms. The van der Waals surface area contributed by atoms with Gasteiger partial charge in [-0.25, -0.2) is 12.8 Å². The lowest BCUT2D eigenvalue weighted by Gasteiger charge is -2.11. The number of hydrogen-bond acceptors (Lipinski definition) is 3. The molecule has 0 radical (unpaired) electrons. The van der Waals surface area contributed by atoms with Gasteiger partial charge in [-0.2, -0.15) is 0 Å². The van der Waals surface area contributed by atoms with Crippen molar-refractivity contribution in [2.24, 2.45) is 0 Å². The first-order chi connectivity index (χ1) is 9.42. The first kappa shape index (κ1) is 14.8. The number of rotatable bonds is 4. The van der Waals surface area contributed by atoms with E-state index in [0.717, 1.165) is 12.1 Å². The lowest BCUT2D eigenvalue weighted by molar-refractivity contribution is 0.278. The highest BCUT2D eigenvalue weighted by Crippen LogP contribution is 2.22. The Balaban J connectivity index is 2.40. The minimum atomic E-state index is -3.98. The van der Waals surface area contributed by atoms with Crippen LogP contribution in [0, 0.1) is 5.82 Å². The summed E-state index contributed by atoms with van der Waals surface area (Å²) >= 11 is 5.71. The first-order valence-electron chi connectivity index (χ1n) is 5.60. The molecule has 106 valence electrons. The van der Waals surface area contributed by atoms with Gasteiger partial charge in [-0.15, -0.1) is 0 Å². The molecule has 20 heavy (non-hydrogen) atoms. The Morgan fingerprint density at radius 1 is 1.15 bits per heavy atom. The highest BCUT2D eigenvalue weighted by atomic mass is 35.5. The van der Waals surface area contributed by atoms with E-state index < -0.39 is 22.4 Å². The molecule has 0 spiro atoms. The number of aliphatic hydroxyl groups is 1. The number of sulfonamides is 1. The molecule has 0 aromatic heterocycles. The molecular weight excluding hydrogens is 305 g/mol. The monoisotopic (exact) mass is 315 g/mol. The van der Waals surface area contributed by atoms with Crippen LogP contribution in [0.5, 0.6) is 0 Å². The van der Waals surface area contributed by atoms with Gasteiger partial charge >= 0.3 is 0 Å². The van der Waals surface area contributed by atoms with Gasteiger partial charge < -0.3 is 5.11 Å². The minimum absolute atomic E-state index is 0.118. The molecule has 0 unspecified atom stereocenters. The number of anilines is 1. The number of nitrogens with one attached hydrogen (secondary N) is 1. The molecule has 2 rings (SSSR count). The van der Waals surface area contributed by atoms with Crippen molar-refractivity contribution in [2.75, 3.05) is 4.72 Å². The lowest BCUT2D eigenvalue weighted by Crippen LogP contribution is -2.15. The summed E-state index contributed by atoms with van der Waals surface area (Å²) in [4.78, 5) is -0.296. The van der Waals surface area contributed by atoms with Crippen LogP contribution in [0.25, 0.3) is 0 Å². The highest BCUT2D eigenvalue weighted by Gasteiger charge is 2.19. The van der Waals surface area contributed by atoms with Gasteiger partial charge in [0.25, 0.3) is 10.0 Å². The molecule has 7 heteroatoms. The van der Waals surface area contributed by atoms with Crippen molar-refractivity contribution >= 4 is 27.3 Å². The molecule has 0 aliphatic rings. The smallest absolute Gasteiger partial charge is 0.262 e. The van der Waals surface area contributed by atoms with E-state index in [9.17, 15) is 12.8 Å². The molecule has 0 fully saturated rings. The summed E-state index contributed by atoms with van der Waals surface area (Å²) < 4.78 is 39.9. The van der Waals surface area contributed by atoms with Crippen LogP contribution < -0.4 is 4.72 Å². The summed E-state index contributed by atoms with van der Waals surface area (Å²) in [7, 11) is -3.98. The Kier molecular flexibility index (Phi) is 4.27. The maximum Gasteiger partial charge on any atom is 0.262 e. The second-order valence-corrected chi connectivity index (χ2v) is 6.11. The van der Waals surface area contributed by atoms with Crippen molar-refractivity contribution in [3.63, 3.8) is 0 Å². The van der Waals surface area contributed by atoms with Gasteiger partial charge in [0.1, 0.15) is 5.82 Å². The molecule has 4 nitrogen and oxygen atoms in total. The molecule has 0 atom stereocenters. The van der Waals surface area contributed by atoms with Crippen LogP contribution in [0.1, 0.15) is 5.56 Å². The Morgan fingerprint density at radius 2 is 1.80 bits per heavy atom. The molecule has 2 aromatic carbocycles. The fourth-order valence-corrected chi connectivity index (χ4v) is 3.07. The zero-order chi connectivity index (χ0) is 14.8. The molecule has 0 heterocycles. The van der Waals surface area contributed by atoms with Crippen LogP contribution in [0.15, 0.2) is 47.4 Å². The van der Waals surface area contributed by atoms with Crippen molar-refractivity contribution in [1.82, 2.24) is 0 Å². The van der Waals surface area contributed by atoms with Gasteiger partial charge in [0.15, 0.2) is 0 Å². The van der Waals surface area contributed by atoms with Gasteiger partial charge in [0.05, 0.1) is 11.5 Å². The zero-order valence-electron chi connectivity index (χ0n) is 10.2. The van der Waals surface area contributed by atoms with Crippen LogP contribution in [0.3, 0.4) is 0 Å². The predicted octanol–water partition coefficient (Wildman–Crippen LogP) is 2.77. The topological polar surface area (TPSA) is 66.4 Å². The van der Waals surface area contributed by atoms with Gasteiger partial charge in [0.2, 0.25) is 0 Å². The van der Waals surface area contributed by atoms with Crippen LogP contribution in [-0.4, -0.2) is 13.5 Å². The molecule has 0 aliphatic carbocycles. The van der Waals surface area contributed by atoms with Crippen LogP contribution in [0.4, 0.5) is 10.1 Å². The Morgan fingerprint density at radius 3 is 2.40 bits per heavy atom. The van der Waals surface area contributed by atoms with Crippen molar-refractivity contribution in [3.05, 3.63) is 58.9 Å². The van der Waals surface area contributed by atoms with Gasteiger partial charge in [-0.3, -0.25) is 4.72 Å².